The Morgan fingerprint density at radius 1 is 0.786 bits per heavy atom. The first-order valence-corrected chi connectivity index (χ1v) is 10.00. The summed E-state index contributed by atoms with van der Waals surface area (Å²) in [5, 5.41) is 0. The van der Waals surface area contributed by atoms with Crippen molar-refractivity contribution >= 4 is 21.6 Å². The second kappa shape index (κ2) is 9.29. The first kappa shape index (κ1) is 19.1. The number of hydrogen-bond acceptors (Lipinski definition) is 8. The minimum Gasteiger partial charge on any atom is -0.485 e. The fraction of sp³-hybridized carbons (Fsp3) is 0.400. The number of nitrogens with zero attached hydrogens (tertiary/aromatic N) is 1. The molecular formula is C20H21NO6S. The lowest BCUT2D eigenvalue weighted by Gasteiger charge is -2.17. The number of fused-ring (bicyclic) bond motifs is 4. The van der Waals surface area contributed by atoms with Gasteiger partial charge in [-0.15, -0.1) is 11.3 Å². The first-order valence-electron chi connectivity index (χ1n) is 9.18. The van der Waals surface area contributed by atoms with Gasteiger partial charge in [0.25, 0.3) is 0 Å². The molecule has 0 fully saturated rings. The molecule has 2 heterocycles. The third kappa shape index (κ3) is 4.41. The molecule has 0 bridgehead atoms. The maximum Gasteiger partial charge on any atom is 0.225 e. The SMILES string of the molecule is O=c1cc2sc3ccccc3nc-2c2c1OCCOCCOCCOCCO2. The molecule has 0 saturated heterocycles. The van der Waals surface area contributed by atoms with Crippen LogP contribution in [0, 0.1) is 0 Å². The van der Waals surface area contributed by atoms with E-state index in [4.69, 9.17) is 28.7 Å². The van der Waals surface area contributed by atoms with Crippen LogP contribution in [0.4, 0.5) is 0 Å². The van der Waals surface area contributed by atoms with Gasteiger partial charge in [-0.2, -0.15) is 0 Å². The summed E-state index contributed by atoms with van der Waals surface area (Å²) in [6, 6.07) is 9.36. The standard InChI is InChI=1S/C20H21NO6S/c22-15-13-17-18(21-14-3-1-2-4-16(14)28-17)20-19(15)26-11-9-24-7-5-23-6-8-25-10-12-27-20/h1-4,13H,5-12H2. The van der Waals surface area contributed by atoms with Crippen molar-refractivity contribution in [1.82, 2.24) is 4.98 Å². The highest BCUT2D eigenvalue weighted by atomic mass is 32.1. The molecule has 0 spiro atoms. The molecule has 0 radical (unpaired) electrons. The Morgan fingerprint density at radius 3 is 2.11 bits per heavy atom. The number of para-hydroxylation sites is 1. The molecule has 7 nitrogen and oxygen atoms in total. The van der Waals surface area contributed by atoms with Gasteiger partial charge in [0.05, 0.1) is 54.7 Å². The van der Waals surface area contributed by atoms with E-state index in [1.807, 2.05) is 24.3 Å². The van der Waals surface area contributed by atoms with E-state index in [9.17, 15) is 4.79 Å². The normalized spacial score (nSPS) is 17.1. The van der Waals surface area contributed by atoms with Crippen LogP contribution in [0.1, 0.15) is 0 Å². The van der Waals surface area contributed by atoms with Gasteiger partial charge in [0.2, 0.25) is 11.2 Å². The van der Waals surface area contributed by atoms with Crippen LogP contribution < -0.4 is 14.9 Å². The molecule has 28 heavy (non-hydrogen) atoms. The Hall–Kier alpha value is -2.26. The van der Waals surface area contributed by atoms with Crippen molar-refractivity contribution in [2.24, 2.45) is 0 Å². The lowest BCUT2D eigenvalue weighted by Crippen LogP contribution is -2.17. The third-order valence-electron chi connectivity index (χ3n) is 4.15. The van der Waals surface area contributed by atoms with E-state index in [2.05, 4.69) is 0 Å². The molecule has 3 aliphatic rings. The zero-order chi connectivity index (χ0) is 19.2. The van der Waals surface area contributed by atoms with Crippen molar-refractivity contribution in [3.05, 3.63) is 40.6 Å². The molecule has 8 heteroatoms. The summed E-state index contributed by atoms with van der Waals surface area (Å²) in [4.78, 5) is 18.2. The Kier molecular flexibility index (Phi) is 6.33. The van der Waals surface area contributed by atoms with Gasteiger partial charge in [-0.05, 0) is 12.1 Å². The summed E-state index contributed by atoms with van der Waals surface area (Å²) in [5.41, 5.74) is 1.23. The van der Waals surface area contributed by atoms with Crippen molar-refractivity contribution in [3.63, 3.8) is 0 Å². The van der Waals surface area contributed by atoms with Crippen LogP contribution in [0.3, 0.4) is 0 Å². The van der Waals surface area contributed by atoms with Gasteiger partial charge in [-0.25, -0.2) is 4.98 Å². The van der Waals surface area contributed by atoms with Crippen molar-refractivity contribution in [3.8, 4) is 22.1 Å². The summed E-state index contributed by atoms with van der Waals surface area (Å²) < 4.78 is 29.0. The van der Waals surface area contributed by atoms with Crippen molar-refractivity contribution < 1.29 is 23.7 Å². The maximum atomic E-state index is 12.7. The van der Waals surface area contributed by atoms with Crippen molar-refractivity contribution in [2.45, 2.75) is 0 Å². The van der Waals surface area contributed by atoms with Gasteiger partial charge in [0.15, 0.2) is 5.75 Å². The molecule has 1 aromatic rings. The van der Waals surface area contributed by atoms with Gasteiger partial charge in [-0.3, -0.25) is 4.79 Å². The van der Waals surface area contributed by atoms with Crippen molar-refractivity contribution in [1.29, 1.82) is 0 Å². The van der Waals surface area contributed by atoms with E-state index < -0.39 is 0 Å². The van der Waals surface area contributed by atoms with Crippen LogP contribution >= 0.6 is 11.3 Å². The van der Waals surface area contributed by atoms with Gasteiger partial charge in [0.1, 0.15) is 18.9 Å². The zero-order valence-electron chi connectivity index (χ0n) is 15.3. The fourth-order valence-electron chi connectivity index (χ4n) is 2.86. The van der Waals surface area contributed by atoms with E-state index in [1.54, 1.807) is 6.07 Å². The van der Waals surface area contributed by atoms with Crippen LogP contribution in [-0.2, 0) is 14.2 Å². The third-order valence-corrected chi connectivity index (χ3v) is 5.25. The van der Waals surface area contributed by atoms with E-state index in [-0.39, 0.29) is 24.4 Å². The van der Waals surface area contributed by atoms with Gasteiger partial charge in [-0.1, -0.05) is 12.1 Å². The number of rotatable bonds is 0. The lowest BCUT2D eigenvalue weighted by atomic mass is 10.2. The molecule has 1 aromatic carbocycles. The summed E-state index contributed by atoms with van der Waals surface area (Å²) >= 11 is 1.51. The predicted molar refractivity (Wildman–Crippen MR) is 106 cm³/mol. The van der Waals surface area contributed by atoms with Gasteiger partial charge >= 0.3 is 0 Å². The predicted octanol–water partition coefficient (Wildman–Crippen LogP) is 2.58. The van der Waals surface area contributed by atoms with Crippen LogP contribution in [0.2, 0.25) is 0 Å². The second-order valence-electron chi connectivity index (χ2n) is 6.10. The molecule has 0 amide bonds. The van der Waals surface area contributed by atoms with Gasteiger partial charge in [0, 0.05) is 6.07 Å². The molecule has 0 N–H and O–H groups in total. The molecule has 1 aliphatic carbocycles. The molecule has 0 aromatic heterocycles. The number of aromatic nitrogens is 1. The first-order chi connectivity index (χ1) is 13.8. The molecule has 0 atom stereocenters. The van der Waals surface area contributed by atoms with E-state index >= 15 is 0 Å². The summed E-state index contributed by atoms with van der Waals surface area (Å²) in [6.07, 6.45) is 0. The quantitative estimate of drug-likeness (QED) is 0.534. The Morgan fingerprint density at radius 2 is 1.39 bits per heavy atom. The molecule has 0 unspecified atom stereocenters. The van der Waals surface area contributed by atoms with Crippen molar-refractivity contribution in [2.75, 3.05) is 52.9 Å². The molecule has 148 valence electrons. The summed E-state index contributed by atoms with van der Waals surface area (Å²) in [7, 11) is 0. The molecule has 4 rings (SSSR count). The van der Waals surface area contributed by atoms with Gasteiger partial charge < -0.3 is 23.7 Å². The number of benzene rings is 2. The highest BCUT2D eigenvalue weighted by Crippen LogP contribution is 2.40. The molecule has 2 aliphatic heterocycles. The summed E-state index contributed by atoms with van der Waals surface area (Å²) in [5.74, 6) is 0.524. The van der Waals surface area contributed by atoms with E-state index in [1.165, 1.54) is 11.3 Å². The Labute approximate surface area is 166 Å². The minimum absolute atomic E-state index is 0.164. The monoisotopic (exact) mass is 403 g/mol. The van der Waals surface area contributed by atoms with Crippen LogP contribution in [-0.4, -0.2) is 57.8 Å². The van der Waals surface area contributed by atoms with Crippen LogP contribution in [0.5, 0.6) is 11.5 Å². The molecule has 0 saturated carbocycles. The number of ether oxygens (including phenoxy) is 5. The Balaban J connectivity index is 1.71. The van der Waals surface area contributed by atoms with E-state index in [0.29, 0.717) is 51.1 Å². The Bertz CT molecular complexity index is 959. The van der Waals surface area contributed by atoms with Crippen LogP contribution in [0.25, 0.3) is 20.8 Å². The zero-order valence-corrected chi connectivity index (χ0v) is 16.2. The second-order valence-corrected chi connectivity index (χ2v) is 7.18. The topological polar surface area (TPSA) is 76.1 Å². The lowest BCUT2D eigenvalue weighted by molar-refractivity contribution is 0.00707. The van der Waals surface area contributed by atoms with E-state index in [0.717, 1.165) is 15.1 Å². The maximum absolute atomic E-state index is 12.7. The average molecular weight is 403 g/mol. The minimum atomic E-state index is -0.232. The van der Waals surface area contributed by atoms with Crippen LogP contribution in [0.15, 0.2) is 35.1 Å². The highest BCUT2D eigenvalue weighted by molar-refractivity contribution is 7.21. The average Bonchev–Trinajstić information content (AvgIpc) is 2.71. The highest BCUT2D eigenvalue weighted by Gasteiger charge is 2.22. The smallest absolute Gasteiger partial charge is 0.225 e. The largest absolute Gasteiger partial charge is 0.485 e. The number of hydrogen-bond donors (Lipinski definition) is 0. The fourth-order valence-corrected chi connectivity index (χ4v) is 3.86. The molecular weight excluding hydrogens is 382 g/mol. The summed E-state index contributed by atoms with van der Waals surface area (Å²) in [6.45, 7) is 3.18.